The van der Waals surface area contributed by atoms with Gasteiger partial charge in [0, 0.05) is 18.3 Å². The molecular weight excluding hydrogens is 272 g/mol. The van der Waals surface area contributed by atoms with Crippen molar-refractivity contribution in [3.05, 3.63) is 24.3 Å². The summed E-state index contributed by atoms with van der Waals surface area (Å²) in [6.07, 6.45) is 5.03. The van der Waals surface area contributed by atoms with Crippen LogP contribution in [0.1, 0.15) is 39.5 Å². The first kappa shape index (κ1) is 15.3. The Kier molecular flexibility index (Phi) is 5.05. The van der Waals surface area contributed by atoms with E-state index in [-0.39, 0.29) is 0 Å². The van der Waals surface area contributed by atoms with E-state index in [1.54, 1.807) is 19.1 Å². The molecule has 2 N–H and O–H groups in total. The van der Waals surface area contributed by atoms with Crippen LogP contribution in [-0.2, 0) is 10.0 Å². The fourth-order valence-electron chi connectivity index (χ4n) is 2.32. The van der Waals surface area contributed by atoms with Gasteiger partial charge >= 0.3 is 0 Å². The molecule has 1 atom stereocenters. The monoisotopic (exact) mass is 296 g/mol. The van der Waals surface area contributed by atoms with Crippen molar-refractivity contribution in [3.8, 4) is 0 Å². The Hall–Kier alpha value is -1.07. The standard InChI is InChI=1S/C15H24N2O2S/c1-3-13(11-12-5-6-12)17-14-7-9-15(10-8-14)20(18,19)16-4-2/h7-10,12-13,16-17H,3-6,11H2,1-2H3. The molecule has 1 aromatic rings. The van der Waals surface area contributed by atoms with Gasteiger partial charge in [0.1, 0.15) is 0 Å². The summed E-state index contributed by atoms with van der Waals surface area (Å²) >= 11 is 0. The van der Waals surface area contributed by atoms with Crippen molar-refractivity contribution in [2.75, 3.05) is 11.9 Å². The highest BCUT2D eigenvalue weighted by atomic mass is 32.2. The lowest BCUT2D eigenvalue weighted by molar-refractivity contribution is 0.583. The Labute approximate surface area is 122 Å². The number of benzene rings is 1. The molecule has 1 fully saturated rings. The van der Waals surface area contributed by atoms with Gasteiger partial charge in [-0.2, -0.15) is 0 Å². The van der Waals surface area contributed by atoms with Crippen molar-refractivity contribution >= 4 is 15.7 Å². The zero-order chi connectivity index (χ0) is 14.6. The van der Waals surface area contributed by atoms with Crippen LogP contribution < -0.4 is 10.0 Å². The van der Waals surface area contributed by atoms with Crippen LogP contribution in [0, 0.1) is 5.92 Å². The second-order valence-corrected chi connectivity index (χ2v) is 7.22. The van der Waals surface area contributed by atoms with Crippen LogP contribution in [0.3, 0.4) is 0 Å². The maximum atomic E-state index is 11.8. The highest BCUT2D eigenvalue weighted by molar-refractivity contribution is 7.89. The van der Waals surface area contributed by atoms with E-state index in [0.29, 0.717) is 17.5 Å². The van der Waals surface area contributed by atoms with Gasteiger partial charge in [-0.15, -0.1) is 0 Å². The Balaban J connectivity index is 2.00. The number of hydrogen-bond acceptors (Lipinski definition) is 3. The molecule has 5 heteroatoms. The van der Waals surface area contributed by atoms with E-state index in [4.69, 9.17) is 0 Å². The minimum absolute atomic E-state index is 0.320. The molecule has 1 aromatic carbocycles. The van der Waals surface area contributed by atoms with Crippen molar-refractivity contribution < 1.29 is 8.42 Å². The average Bonchev–Trinajstić information content (AvgIpc) is 3.22. The van der Waals surface area contributed by atoms with E-state index in [9.17, 15) is 8.42 Å². The van der Waals surface area contributed by atoms with Crippen molar-refractivity contribution in [1.82, 2.24) is 4.72 Å². The fourth-order valence-corrected chi connectivity index (χ4v) is 3.36. The zero-order valence-corrected chi connectivity index (χ0v) is 13.0. The van der Waals surface area contributed by atoms with Crippen LogP contribution in [0.15, 0.2) is 29.2 Å². The summed E-state index contributed by atoms with van der Waals surface area (Å²) in [6, 6.07) is 7.49. The quantitative estimate of drug-likeness (QED) is 0.775. The molecule has 0 saturated heterocycles. The number of sulfonamides is 1. The average molecular weight is 296 g/mol. The van der Waals surface area contributed by atoms with Gasteiger partial charge in [-0.25, -0.2) is 13.1 Å². The maximum Gasteiger partial charge on any atom is 0.240 e. The van der Waals surface area contributed by atoms with E-state index in [1.165, 1.54) is 19.3 Å². The fraction of sp³-hybridized carbons (Fsp3) is 0.600. The van der Waals surface area contributed by atoms with Crippen LogP contribution in [-0.4, -0.2) is 21.0 Å². The predicted molar refractivity (Wildman–Crippen MR) is 82.3 cm³/mol. The molecule has 2 rings (SSSR count). The summed E-state index contributed by atoms with van der Waals surface area (Å²) in [5.74, 6) is 0.890. The topological polar surface area (TPSA) is 58.2 Å². The summed E-state index contributed by atoms with van der Waals surface area (Å²) < 4.78 is 26.2. The van der Waals surface area contributed by atoms with Crippen molar-refractivity contribution in [2.24, 2.45) is 5.92 Å². The number of rotatable bonds is 8. The molecule has 1 aliphatic carbocycles. The molecule has 0 spiro atoms. The van der Waals surface area contributed by atoms with E-state index in [1.807, 2.05) is 12.1 Å². The maximum absolute atomic E-state index is 11.8. The molecule has 0 aromatic heterocycles. The lowest BCUT2D eigenvalue weighted by atomic mass is 10.1. The van der Waals surface area contributed by atoms with Crippen molar-refractivity contribution in [3.63, 3.8) is 0 Å². The molecular formula is C15H24N2O2S. The summed E-state index contributed by atoms with van der Waals surface area (Å²) in [4.78, 5) is 0.320. The SMILES string of the molecule is CCNS(=O)(=O)c1ccc(NC(CC)CC2CC2)cc1. The summed E-state index contributed by atoms with van der Waals surface area (Å²) in [5, 5.41) is 3.50. The Bertz CT molecular complexity index is 521. The summed E-state index contributed by atoms with van der Waals surface area (Å²) in [6.45, 7) is 4.36. The lowest BCUT2D eigenvalue weighted by Crippen LogP contribution is -2.23. The van der Waals surface area contributed by atoms with Gasteiger partial charge in [-0.05, 0) is 43.0 Å². The second kappa shape index (κ2) is 6.59. The molecule has 1 saturated carbocycles. The second-order valence-electron chi connectivity index (χ2n) is 5.45. The van der Waals surface area contributed by atoms with Crippen LogP contribution >= 0.6 is 0 Å². The smallest absolute Gasteiger partial charge is 0.240 e. The van der Waals surface area contributed by atoms with E-state index in [0.717, 1.165) is 18.0 Å². The van der Waals surface area contributed by atoms with Gasteiger partial charge in [-0.1, -0.05) is 26.7 Å². The third kappa shape index (κ3) is 4.21. The number of nitrogens with one attached hydrogen (secondary N) is 2. The predicted octanol–water partition coefficient (Wildman–Crippen LogP) is 2.98. The van der Waals surface area contributed by atoms with Gasteiger partial charge in [0.25, 0.3) is 0 Å². The van der Waals surface area contributed by atoms with Gasteiger partial charge in [0.05, 0.1) is 4.90 Å². The number of anilines is 1. The lowest BCUT2D eigenvalue weighted by Gasteiger charge is -2.18. The third-order valence-electron chi connectivity index (χ3n) is 3.68. The highest BCUT2D eigenvalue weighted by Crippen LogP contribution is 2.34. The Morgan fingerprint density at radius 3 is 2.35 bits per heavy atom. The Morgan fingerprint density at radius 2 is 1.85 bits per heavy atom. The summed E-state index contributed by atoms with van der Waals surface area (Å²) in [7, 11) is -3.35. The molecule has 0 heterocycles. The van der Waals surface area contributed by atoms with Gasteiger partial charge in [0.2, 0.25) is 10.0 Å². The summed E-state index contributed by atoms with van der Waals surface area (Å²) in [5.41, 5.74) is 0.993. The van der Waals surface area contributed by atoms with Gasteiger partial charge in [0.15, 0.2) is 0 Å². The van der Waals surface area contributed by atoms with Crippen molar-refractivity contribution in [2.45, 2.75) is 50.5 Å². The van der Waals surface area contributed by atoms with E-state index < -0.39 is 10.0 Å². The molecule has 0 radical (unpaired) electrons. The van der Waals surface area contributed by atoms with Crippen LogP contribution in [0.2, 0.25) is 0 Å². The first-order valence-corrected chi connectivity index (χ1v) is 8.89. The molecule has 0 amide bonds. The normalized spacial score (nSPS) is 16.9. The highest BCUT2D eigenvalue weighted by Gasteiger charge is 2.24. The largest absolute Gasteiger partial charge is 0.382 e. The number of hydrogen-bond donors (Lipinski definition) is 2. The molecule has 112 valence electrons. The van der Waals surface area contributed by atoms with Crippen LogP contribution in [0.25, 0.3) is 0 Å². The first-order chi connectivity index (χ1) is 9.55. The minimum Gasteiger partial charge on any atom is -0.382 e. The molecule has 0 aliphatic heterocycles. The van der Waals surface area contributed by atoms with Gasteiger partial charge in [-0.3, -0.25) is 0 Å². The first-order valence-electron chi connectivity index (χ1n) is 7.41. The van der Waals surface area contributed by atoms with Crippen LogP contribution in [0.4, 0.5) is 5.69 Å². The molecule has 20 heavy (non-hydrogen) atoms. The zero-order valence-electron chi connectivity index (χ0n) is 12.2. The van der Waals surface area contributed by atoms with Crippen molar-refractivity contribution in [1.29, 1.82) is 0 Å². The van der Waals surface area contributed by atoms with Gasteiger partial charge < -0.3 is 5.32 Å². The van der Waals surface area contributed by atoms with E-state index in [2.05, 4.69) is 17.0 Å². The molecule has 1 aliphatic rings. The van der Waals surface area contributed by atoms with E-state index >= 15 is 0 Å². The molecule has 0 bridgehead atoms. The molecule has 4 nitrogen and oxygen atoms in total. The Morgan fingerprint density at radius 1 is 1.20 bits per heavy atom. The minimum atomic E-state index is -3.35. The van der Waals surface area contributed by atoms with Crippen LogP contribution in [0.5, 0.6) is 0 Å². The third-order valence-corrected chi connectivity index (χ3v) is 5.24. The molecule has 1 unspecified atom stereocenters.